The minimum absolute atomic E-state index is 0.593. The summed E-state index contributed by atoms with van der Waals surface area (Å²) in [4.78, 5) is 8.07. The molecule has 18 heavy (non-hydrogen) atoms. The van der Waals surface area contributed by atoms with Gasteiger partial charge in [-0.3, -0.25) is 0 Å². The van der Waals surface area contributed by atoms with E-state index in [2.05, 4.69) is 30.7 Å². The SMILES string of the molecule is CC(C)Cc1cc(=S)nc(C2CCC(C)CC2)[nH]1. The molecule has 0 unspecified atom stereocenters. The van der Waals surface area contributed by atoms with Crippen LogP contribution in [-0.2, 0) is 6.42 Å². The third-order valence-electron chi connectivity index (χ3n) is 3.85. The second-order valence-electron chi connectivity index (χ2n) is 6.18. The Morgan fingerprint density at radius 2 is 2.00 bits per heavy atom. The highest BCUT2D eigenvalue weighted by Gasteiger charge is 2.21. The fourth-order valence-electron chi connectivity index (χ4n) is 2.81. The molecule has 0 bridgehead atoms. The molecule has 0 atom stereocenters. The van der Waals surface area contributed by atoms with Crippen LogP contribution in [0.25, 0.3) is 0 Å². The molecule has 0 aliphatic heterocycles. The molecule has 3 heteroatoms. The highest BCUT2D eigenvalue weighted by molar-refractivity contribution is 7.71. The second kappa shape index (κ2) is 5.96. The highest BCUT2D eigenvalue weighted by Crippen LogP contribution is 2.33. The molecule has 1 N–H and O–H groups in total. The summed E-state index contributed by atoms with van der Waals surface area (Å²) in [7, 11) is 0. The Morgan fingerprint density at radius 3 is 2.61 bits per heavy atom. The Morgan fingerprint density at radius 1 is 1.33 bits per heavy atom. The Kier molecular flexibility index (Phi) is 4.55. The summed E-state index contributed by atoms with van der Waals surface area (Å²) in [5.74, 6) is 3.25. The van der Waals surface area contributed by atoms with Crippen molar-refractivity contribution in [3.8, 4) is 0 Å². The highest BCUT2D eigenvalue weighted by atomic mass is 32.1. The van der Waals surface area contributed by atoms with Gasteiger partial charge in [-0.15, -0.1) is 0 Å². The molecule has 1 aliphatic rings. The van der Waals surface area contributed by atoms with Crippen LogP contribution < -0.4 is 0 Å². The quantitative estimate of drug-likeness (QED) is 0.806. The summed E-state index contributed by atoms with van der Waals surface area (Å²) >= 11 is 5.30. The number of nitrogens with one attached hydrogen (secondary N) is 1. The summed E-state index contributed by atoms with van der Waals surface area (Å²) in [6.07, 6.45) is 6.21. The first-order chi connectivity index (χ1) is 8.54. The predicted octanol–water partition coefficient (Wildman–Crippen LogP) is 4.63. The number of H-pyrrole nitrogens is 1. The molecule has 2 rings (SSSR count). The summed E-state index contributed by atoms with van der Waals surface area (Å²) in [6.45, 7) is 6.82. The molecule has 0 aromatic carbocycles. The lowest BCUT2D eigenvalue weighted by Crippen LogP contribution is -2.14. The van der Waals surface area contributed by atoms with Gasteiger partial charge in [0.2, 0.25) is 0 Å². The van der Waals surface area contributed by atoms with E-state index in [-0.39, 0.29) is 0 Å². The number of hydrogen-bond acceptors (Lipinski definition) is 2. The van der Waals surface area contributed by atoms with E-state index in [1.165, 1.54) is 31.4 Å². The largest absolute Gasteiger partial charge is 0.347 e. The van der Waals surface area contributed by atoms with Crippen molar-refractivity contribution in [2.45, 2.75) is 58.8 Å². The van der Waals surface area contributed by atoms with E-state index in [0.29, 0.717) is 11.8 Å². The molecule has 1 aromatic heterocycles. The van der Waals surface area contributed by atoms with E-state index in [0.717, 1.165) is 22.8 Å². The fraction of sp³-hybridized carbons (Fsp3) is 0.733. The van der Waals surface area contributed by atoms with Crippen LogP contribution in [0.1, 0.15) is 63.9 Å². The van der Waals surface area contributed by atoms with Crippen LogP contribution in [0.15, 0.2) is 6.07 Å². The van der Waals surface area contributed by atoms with Gasteiger partial charge in [0.1, 0.15) is 10.5 Å². The van der Waals surface area contributed by atoms with Crippen LogP contribution in [0.4, 0.5) is 0 Å². The zero-order chi connectivity index (χ0) is 13.1. The lowest BCUT2D eigenvalue weighted by Gasteiger charge is -2.25. The van der Waals surface area contributed by atoms with Crippen molar-refractivity contribution in [2.24, 2.45) is 11.8 Å². The normalized spacial score (nSPS) is 24.4. The lowest BCUT2D eigenvalue weighted by atomic mass is 9.82. The maximum atomic E-state index is 5.30. The summed E-state index contributed by atoms with van der Waals surface area (Å²) in [5.41, 5.74) is 1.25. The molecule has 1 aromatic rings. The predicted molar refractivity (Wildman–Crippen MR) is 78.3 cm³/mol. The fourth-order valence-corrected chi connectivity index (χ4v) is 3.05. The van der Waals surface area contributed by atoms with Crippen LogP contribution >= 0.6 is 12.2 Å². The molecule has 0 saturated heterocycles. The van der Waals surface area contributed by atoms with E-state index in [4.69, 9.17) is 12.2 Å². The topological polar surface area (TPSA) is 28.7 Å². The van der Waals surface area contributed by atoms with Crippen molar-refractivity contribution >= 4 is 12.2 Å². The van der Waals surface area contributed by atoms with Gasteiger partial charge in [-0.05, 0) is 37.2 Å². The van der Waals surface area contributed by atoms with Crippen LogP contribution in [0.2, 0.25) is 0 Å². The molecule has 1 fully saturated rings. The summed E-state index contributed by atoms with van der Waals surface area (Å²) < 4.78 is 0.748. The first-order valence-electron chi connectivity index (χ1n) is 7.14. The first-order valence-corrected chi connectivity index (χ1v) is 7.55. The third-order valence-corrected chi connectivity index (χ3v) is 4.06. The third kappa shape index (κ3) is 3.64. The van der Waals surface area contributed by atoms with Crippen LogP contribution in [0.3, 0.4) is 0 Å². The van der Waals surface area contributed by atoms with E-state index < -0.39 is 0 Å². The zero-order valence-corrected chi connectivity index (χ0v) is 12.5. The minimum atomic E-state index is 0.593. The standard InChI is InChI=1S/C15H24N2S/c1-10(2)8-13-9-14(18)17-15(16-13)12-6-4-11(3)5-7-12/h9-12H,4-8H2,1-3H3,(H,16,17,18). The molecule has 2 nitrogen and oxygen atoms in total. The zero-order valence-electron chi connectivity index (χ0n) is 11.7. The molecule has 1 aliphatic carbocycles. The van der Waals surface area contributed by atoms with Gasteiger partial charge < -0.3 is 4.98 Å². The van der Waals surface area contributed by atoms with Crippen LogP contribution in [0.5, 0.6) is 0 Å². The number of hydrogen-bond donors (Lipinski definition) is 1. The van der Waals surface area contributed by atoms with Crippen molar-refractivity contribution in [3.05, 3.63) is 22.2 Å². The average molecular weight is 264 g/mol. The van der Waals surface area contributed by atoms with Crippen molar-refractivity contribution < 1.29 is 0 Å². The van der Waals surface area contributed by atoms with Gasteiger partial charge in [-0.2, -0.15) is 0 Å². The number of aromatic nitrogens is 2. The Labute approximate surface area is 115 Å². The van der Waals surface area contributed by atoms with Gasteiger partial charge in [-0.1, -0.05) is 45.8 Å². The minimum Gasteiger partial charge on any atom is -0.347 e. The average Bonchev–Trinajstić information content (AvgIpc) is 2.28. The Hall–Kier alpha value is -0.700. The monoisotopic (exact) mass is 264 g/mol. The van der Waals surface area contributed by atoms with Gasteiger partial charge in [-0.25, -0.2) is 4.98 Å². The summed E-state index contributed by atoms with van der Waals surface area (Å²) in [5, 5.41) is 0. The number of aromatic amines is 1. The van der Waals surface area contributed by atoms with E-state index >= 15 is 0 Å². The van der Waals surface area contributed by atoms with Gasteiger partial charge in [0.25, 0.3) is 0 Å². The van der Waals surface area contributed by atoms with Crippen molar-refractivity contribution in [1.29, 1.82) is 0 Å². The Balaban J connectivity index is 2.17. The Bertz CT molecular complexity index is 442. The van der Waals surface area contributed by atoms with Crippen molar-refractivity contribution in [3.63, 3.8) is 0 Å². The van der Waals surface area contributed by atoms with Crippen LogP contribution in [0, 0.1) is 16.5 Å². The molecule has 1 saturated carbocycles. The van der Waals surface area contributed by atoms with Crippen molar-refractivity contribution in [2.75, 3.05) is 0 Å². The number of rotatable bonds is 3. The maximum Gasteiger partial charge on any atom is 0.129 e. The molecule has 1 heterocycles. The molecule has 0 radical (unpaired) electrons. The van der Waals surface area contributed by atoms with E-state index in [1.807, 2.05) is 6.07 Å². The molecule has 0 amide bonds. The van der Waals surface area contributed by atoms with Crippen molar-refractivity contribution in [1.82, 2.24) is 9.97 Å². The molecule has 100 valence electrons. The smallest absolute Gasteiger partial charge is 0.129 e. The van der Waals surface area contributed by atoms with E-state index in [1.54, 1.807) is 0 Å². The second-order valence-corrected chi connectivity index (χ2v) is 6.60. The first kappa shape index (κ1) is 13.7. The maximum absolute atomic E-state index is 5.30. The molecular weight excluding hydrogens is 240 g/mol. The number of nitrogens with zero attached hydrogens (tertiary/aromatic N) is 1. The van der Waals surface area contributed by atoms with Gasteiger partial charge >= 0.3 is 0 Å². The van der Waals surface area contributed by atoms with Crippen LogP contribution in [-0.4, -0.2) is 9.97 Å². The summed E-state index contributed by atoms with van der Waals surface area (Å²) in [6, 6.07) is 2.02. The van der Waals surface area contributed by atoms with Gasteiger partial charge in [0.05, 0.1) is 0 Å². The van der Waals surface area contributed by atoms with Gasteiger partial charge in [0.15, 0.2) is 0 Å². The lowest BCUT2D eigenvalue weighted by molar-refractivity contribution is 0.339. The molecular formula is C15H24N2S. The van der Waals surface area contributed by atoms with E-state index in [9.17, 15) is 0 Å². The van der Waals surface area contributed by atoms with Gasteiger partial charge in [0, 0.05) is 11.6 Å². The molecule has 0 spiro atoms.